The maximum absolute atomic E-state index is 13.9. The van der Waals surface area contributed by atoms with E-state index >= 15 is 0 Å². The largest absolute Gasteiger partial charge is 0.395 e. The Morgan fingerprint density at radius 2 is 1.88 bits per heavy atom. The van der Waals surface area contributed by atoms with Crippen LogP contribution in [0.2, 0.25) is 0 Å². The van der Waals surface area contributed by atoms with Gasteiger partial charge in [-0.15, -0.1) is 0 Å². The molecule has 1 N–H and O–H groups in total. The molecule has 1 aromatic carbocycles. The predicted octanol–water partition coefficient (Wildman–Crippen LogP) is 2.30. The first kappa shape index (κ1) is 18.2. The lowest BCUT2D eigenvalue weighted by molar-refractivity contribution is -0.140. The van der Waals surface area contributed by atoms with E-state index in [2.05, 4.69) is 0 Å². The topological polar surface area (TPSA) is 43.8 Å². The van der Waals surface area contributed by atoms with E-state index < -0.39 is 17.5 Å². The van der Waals surface area contributed by atoms with Crippen LogP contribution in [0.25, 0.3) is 0 Å². The van der Waals surface area contributed by atoms with Crippen LogP contribution < -0.4 is 0 Å². The van der Waals surface area contributed by atoms with Crippen molar-refractivity contribution in [3.63, 3.8) is 0 Å². The normalized spacial score (nSPS) is 25.0. The van der Waals surface area contributed by atoms with Gasteiger partial charge in [-0.05, 0) is 37.9 Å². The van der Waals surface area contributed by atoms with Crippen molar-refractivity contribution in [3.05, 3.63) is 35.1 Å². The van der Waals surface area contributed by atoms with E-state index in [9.17, 15) is 18.0 Å². The number of amides is 1. The Morgan fingerprint density at radius 1 is 1.12 bits per heavy atom. The van der Waals surface area contributed by atoms with Crippen LogP contribution in [-0.2, 0) is 11.3 Å². The average molecular weight is 356 g/mol. The lowest BCUT2D eigenvalue weighted by atomic mass is 9.73. The van der Waals surface area contributed by atoms with Crippen molar-refractivity contribution in [1.82, 2.24) is 9.80 Å². The minimum absolute atomic E-state index is 0.0190. The molecule has 2 heterocycles. The van der Waals surface area contributed by atoms with Crippen LogP contribution in [0.5, 0.6) is 0 Å². The lowest BCUT2D eigenvalue weighted by Crippen LogP contribution is -2.54. The van der Waals surface area contributed by atoms with Gasteiger partial charge in [-0.3, -0.25) is 9.69 Å². The fourth-order valence-corrected chi connectivity index (χ4v) is 4.14. The molecule has 2 saturated heterocycles. The van der Waals surface area contributed by atoms with Gasteiger partial charge >= 0.3 is 0 Å². The van der Waals surface area contributed by atoms with Gasteiger partial charge in [0.05, 0.1) is 6.61 Å². The molecule has 1 amide bonds. The molecule has 7 heteroatoms. The molecule has 0 radical (unpaired) electrons. The minimum Gasteiger partial charge on any atom is -0.395 e. The number of nitrogens with zero attached hydrogens (tertiary/aromatic N) is 2. The van der Waals surface area contributed by atoms with Crippen molar-refractivity contribution in [2.45, 2.75) is 32.2 Å². The summed E-state index contributed by atoms with van der Waals surface area (Å²) < 4.78 is 41.3. The Labute approximate surface area is 145 Å². The third-order valence-corrected chi connectivity index (χ3v) is 5.38. The molecule has 2 fully saturated rings. The van der Waals surface area contributed by atoms with Gasteiger partial charge in [-0.25, -0.2) is 13.2 Å². The number of aliphatic hydroxyl groups excluding tert-OH is 1. The van der Waals surface area contributed by atoms with E-state index in [-0.39, 0.29) is 30.0 Å². The molecule has 1 unspecified atom stereocenters. The molecule has 1 spiro atoms. The molecule has 2 aliphatic rings. The van der Waals surface area contributed by atoms with Crippen LogP contribution in [0, 0.1) is 22.9 Å². The maximum atomic E-state index is 13.9. The highest BCUT2D eigenvalue weighted by Crippen LogP contribution is 2.39. The fourth-order valence-electron chi connectivity index (χ4n) is 4.14. The Bertz CT molecular complexity index is 655. The van der Waals surface area contributed by atoms with Crippen LogP contribution in [0.4, 0.5) is 13.2 Å². The fraction of sp³-hybridized carbons (Fsp3) is 0.611. The lowest BCUT2D eigenvalue weighted by Gasteiger charge is -2.48. The molecular formula is C18H23F3N2O2. The Balaban J connectivity index is 1.73. The molecule has 1 atom stereocenters. The summed E-state index contributed by atoms with van der Waals surface area (Å²) >= 11 is 0. The number of hydrogen-bond acceptors (Lipinski definition) is 3. The van der Waals surface area contributed by atoms with E-state index in [1.54, 1.807) is 4.90 Å². The molecule has 1 aromatic rings. The zero-order chi connectivity index (χ0) is 18.0. The maximum Gasteiger partial charge on any atom is 0.222 e. The predicted molar refractivity (Wildman–Crippen MR) is 86.2 cm³/mol. The second kappa shape index (κ2) is 7.33. The van der Waals surface area contributed by atoms with Gasteiger partial charge in [0.15, 0.2) is 11.6 Å². The number of benzene rings is 1. The quantitative estimate of drug-likeness (QED) is 0.842. The minimum atomic E-state index is -1.12. The van der Waals surface area contributed by atoms with Crippen molar-refractivity contribution in [3.8, 4) is 0 Å². The van der Waals surface area contributed by atoms with Crippen LogP contribution in [0.1, 0.15) is 31.2 Å². The van der Waals surface area contributed by atoms with Gasteiger partial charge in [-0.2, -0.15) is 0 Å². The summed E-state index contributed by atoms with van der Waals surface area (Å²) in [5.41, 5.74) is -0.363. The number of hydrogen-bond donors (Lipinski definition) is 1. The second-order valence-electron chi connectivity index (χ2n) is 7.17. The van der Waals surface area contributed by atoms with Gasteiger partial charge in [0.25, 0.3) is 0 Å². The second-order valence-corrected chi connectivity index (χ2v) is 7.17. The first-order valence-corrected chi connectivity index (χ1v) is 8.67. The number of halogens is 3. The number of rotatable bonds is 4. The summed E-state index contributed by atoms with van der Waals surface area (Å²) in [5.74, 6) is -2.86. The first-order valence-electron chi connectivity index (χ1n) is 8.67. The number of aliphatic hydroxyl groups is 1. The van der Waals surface area contributed by atoms with Crippen LogP contribution in [0.15, 0.2) is 12.1 Å². The van der Waals surface area contributed by atoms with Crippen molar-refractivity contribution in [1.29, 1.82) is 0 Å². The third-order valence-electron chi connectivity index (χ3n) is 5.38. The highest BCUT2D eigenvalue weighted by Gasteiger charge is 2.41. The summed E-state index contributed by atoms with van der Waals surface area (Å²) in [6, 6.07) is 1.75. The summed E-state index contributed by atoms with van der Waals surface area (Å²) in [6.07, 6.45) is 2.96. The number of carbonyl (C=O) groups excluding carboxylic acids is 1. The molecule has 0 aliphatic carbocycles. The van der Waals surface area contributed by atoms with Crippen LogP contribution >= 0.6 is 0 Å². The van der Waals surface area contributed by atoms with Gasteiger partial charge in [0.1, 0.15) is 5.82 Å². The first-order chi connectivity index (χ1) is 11.9. The molecule has 0 bridgehead atoms. The van der Waals surface area contributed by atoms with E-state index in [0.717, 1.165) is 31.4 Å². The smallest absolute Gasteiger partial charge is 0.222 e. The molecule has 3 rings (SSSR count). The van der Waals surface area contributed by atoms with Gasteiger partial charge in [0.2, 0.25) is 5.91 Å². The average Bonchev–Trinajstić information content (AvgIpc) is 2.59. The standard InChI is InChI=1S/C18H23F3N2O2/c19-14-2-3-15(20)17(21)13(14)10-22-7-1-5-18(11-22)6-4-16(25)23(12-18)8-9-24/h2-3,24H,1,4-12H2. The van der Waals surface area contributed by atoms with Crippen LogP contribution in [-0.4, -0.2) is 53.6 Å². The van der Waals surface area contributed by atoms with Crippen LogP contribution in [0.3, 0.4) is 0 Å². The number of β-amino-alcohol motifs (C(OH)–C–C–N with tert-alkyl or cyclic N) is 1. The highest BCUT2D eigenvalue weighted by molar-refractivity contribution is 5.77. The Kier molecular flexibility index (Phi) is 5.34. The summed E-state index contributed by atoms with van der Waals surface area (Å²) in [5, 5.41) is 9.13. The highest BCUT2D eigenvalue weighted by atomic mass is 19.2. The van der Waals surface area contributed by atoms with E-state index in [1.807, 2.05) is 4.90 Å². The Morgan fingerprint density at radius 3 is 2.64 bits per heavy atom. The molecule has 25 heavy (non-hydrogen) atoms. The summed E-state index contributed by atoms with van der Waals surface area (Å²) in [6.45, 7) is 2.10. The van der Waals surface area contributed by atoms with E-state index in [1.165, 1.54) is 0 Å². The molecule has 0 aromatic heterocycles. The molecular weight excluding hydrogens is 333 g/mol. The Hall–Kier alpha value is -1.60. The van der Waals surface area contributed by atoms with Crippen molar-refractivity contribution in [2.75, 3.05) is 32.8 Å². The van der Waals surface area contributed by atoms with Gasteiger partial charge in [0, 0.05) is 43.6 Å². The van der Waals surface area contributed by atoms with Gasteiger partial charge < -0.3 is 10.0 Å². The molecule has 2 aliphatic heterocycles. The zero-order valence-electron chi connectivity index (χ0n) is 14.1. The van der Waals surface area contributed by atoms with Gasteiger partial charge in [-0.1, -0.05) is 0 Å². The molecule has 0 saturated carbocycles. The SMILES string of the molecule is O=C1CCC2(CCCN(Cc3c(F)ccc(F)c3F)C2)CN1CCO. The number of carbonyl (C=O) groups is 1. The summed E-state index contributed by atoms with van der Waals surface area (Å²) in [4.78, 5) is 15.6. The number of piperidine rings is 2. The molecule has 4 nitrogen and oxygen atoms in total. The van der Waals surface area contributed by atoms with Crippen molar-refractivity contribution in [2.24, 2.45) is 5.41 Å². The third kappa shape index (κ3) is 3.82. The zero-order valence-corrected chi connectivity index (χ0v) is 14.1. The van der Waals surface area contributed by atoms with Crippen molar-refractivity contribution < 1.29 is 23.1 Å². The summed E-state index contributed by atoms with van der Waals surface area (Å²) in [7, 11) is 0. The van der Waals surface area contributed by atoms with E-state index in [0.29, 0.717) is 32.6 Å². The monoisotopic (exact) mass is 356 g/mol. The van der Waals surface area contributed by atoms with E-state index in [4.69, 9.17) is 5.11 Å². The van der Waals surface area contributed by atoms with Crippen molar-refractivity contribution >= 4 is 5.91 Å². The number of likely N-dealkylation sites (tertiary alicyclic amines) is 2. The molecule has 138 valence electrons.